The molecule has 0 bridgehead atoms. The van der Waals surface area contributed by atoms with E-state index < -0.39 is 12.1 Å². The topological polar surface area (TPSA) is 52.9 Å². The first-order valence-corrected chi connectivity index (χ1v) is 5.85. The Morgan fingerprint density at radius 3 is 2.33 bits per heavy atom. The number of nitriles is 1. The van der Waals surface area contributed by atoms with Gasteiger partial charge in [-0.2, -0.15) is 18.4 Å². The van der Waals surface area contributed by atoms with Crippen LogP contribution in [0.25, 0.3) is 0 Å². The van der Waals surface area contributed by atoms with Crippen LogP contribution < -0.4 is 5.32 Å². The lowest BCUT2D eigenvalue weighted by Gasteiger charge is -2.17. The quantitative estimate of drug-likeness (QED) is 0.854. The van der Waals surface area contributed by atoms with Crippen LogP contribution in [0, 0.1) is 11.3 Å². The summed E-state index contributed by atoms with van der Waals surface area (Å²) in [5.41, 5.74) is 0.334. The maximum absolute atomic E-state index is 12.1. The van der Waals surface area contributed by atoms with Crippen LogP contribution in [0.2, 0.25) is 0 Å². The van der Waals surface area contributed by atoms with Gasteiger partial charge in [-0.25, -0.2) is 0 Å². The summed E-state index contributed by atoms with van der Waals surface area (Å²) in [6.45, 7) is 5.52. The molecule has 3 nitrogen and oxygen atoms in total. The Morgan fingerprint density at radius 2 is 1.94 bits per heavy atom. The SMILES string of the molecule is CC(C)(C)c1csc(NC(=O)C(F)(F)F)c1C#N. The summed E-state index contributed by atoms with van der Waals surface area (Å²) in [7, 11) is 0. The zero-order valence-corrected chi connectivity index (χ0v) is 10.8. The number of nitrogens with zero attached hydrogens (tertiary/aromatic N) is 1. The molecule has 0 unspecified atom stereocenters. The van der Waals surface area contributed by atoms with Crippen LogP contribution >= 0.6 is 11.3 Å². The number of rotatable bonds is 1. The van der Waals surface area contributed by atoms with E-state index in [4.69, 9.17) is 5.26 Å². The minimum atomic E-state index is -4.96. The van der Waals surface area contributed by atoms with Gasteiger partial charge in [0.05, 0.1) is 5.56 Å². The van der Waals surface area contributed by atoms with E-state index in [9.17, 15) is 18.0 Å². The fourth-order valence-corrected chi connectivity index (χ4v) is 2.42. The fourth-order valence-electron chi connectivity index (χ4n) is 1.29. The average Bonchev–Trinajstić information content (AvgIpc) is 2.58. The van der Waals surface area contributed by atoms with Crippen LogP contribution in [0.5, 0.6) is 0 Å². The number of alkyl halides is 3. The summed E-state index contributed by atoms with van der Waals surface area (Å²) in [5.74, 6) is -2.07. The van der Waals surface area contributed by atoms with Crippen LogP contribution in [0.3, 0.4) is 0 Å². The van der Waals surface area contributed by atoms with Gasteiger partial charge >= 0.3 is 12.1 Å². The lowest BCUT2D eigenvalue weighted by molar-refractivity contribution is -0.167. The van der Waals surface area contributed by atoms with E-state index in [-0.39, 0.29) is 16.0 Å². The molecule has 7 heteroatoms. The molecule has 0 aliphatic heterocycles. The summed E-state index contributed by atoms with van der Waals surface area (Å²) in [6.07, 6.45) is -4.96. The van der Waals surface area contributed by atoms with E-state index in [0.29, 0.717) is 5.56 Å². The van der Waals surface area contributed by atoms with E-state index in [1.165, 1.54) is 0 Å². The molecule has 0 atom stereocenters. The molecule has 1 aromatic rings. The summed E-state index contributed by atoms with van der Waals surface area (Å²) in [6, 6.07) is 1.84. The van der Waals surface area contributed by atoms with Crippen LogP contribution in [-0.4, -0.2) is 12.1 Å². The van der Waals surface area contributed by atoms with Crippen molar-refractivity contribution in [3.63, 3.8) is 0 Å². The van der Waals surface area contributed by atoms with E-state index in [1.54, 1.807) is 10.7 Å². The zero-order valence-electron chi connectivity index (χ0n) is 9.97. The van der Waals surface area contributed by atoms with Crippen molar-refractivity contribution in [3.05, 3.63) is 16.5 Å². The highest BCUT2D eigenvalue weighted by Gasteiger charge is 2.39. The number of carbonyl (C=O) groups excluding carboxylic acids is 1. The first-order valence-electron chi connectivity index (χ1n) is 4.97. The molecule has 0 aliphatic carbocycles. The lowest BCUT2D eigenvalue weighted by Crippen LogP contribution is -2.29. The largest absolute Gasteiger partial charge is 0.471 e. The second kappa shape index (κ2) is 4.61. The summed E-state index contributed by atoms with van der Waals surface area (Å²) in [4.78, 5) is 10.8. The first kappa shape index (κ1) is 14.5. The van der Waals surface area contributed by atoms with Gasteiger partial charge in [0.25, 0.3) is 0 Å². The Morgan fingerprint density at radius 1 is 1.39 bits per heavy atom. The van der Waals surface area contributed by atoms with Crippen LogP contribution in [0.4, 0.5) is 18.2 Å². The number of hydrogen-bond donors (Lipinski definition) is 1. The summed E-state index contributed by atoms with van der Waals surface area (Å²) in [5, 5.41) is 12.2. The molecule has 98 valence electrons. The van der Waals surface area contributed by atoms with Gasteiger partial charge in [-0.1, -0.05) is 20.8 Å². The molecule has 1 N–H and O–H groups in total. The van der Waals surface area contributed by atoms with Gasteiger partial charge in [0, 0.05) is 0 Å². The fraction of sp³-hybridized carbons (Fsp3) is 0.455. The maximum Gasteiger partial charge on any atom is 0.471 e. The molecule has 0 aliphatic rings. The van der Waals surface area contributed by atoms with E-state index in [0.717, 1.165) is 11.3 Å². The summed E-state index contributed by atoms with van der Waals surface area (Å²) >= 11 is 0.918. The number of carbonyl (C=O) groups is 1. The number of hydrogen-bond acceptors (Lipinski definition) is 3. The molecule has 1 heterocycles. The molecule has 0 radical (unpaired) electrons. The molecule has 0 aromatic carbocycles. The molecule has 18 heavy (non-hydrogen) atoms. The van der Waals surface area contributed by atoms with Crippen molar-refractivity contribution in [3.8, 4) is 6.07 Å². The third-order valence-electron chi connectivity index (χ3n) is 2.20. The highest BCUT2D eigenvalue weighted by atomic mass is 32.1. The third kappa shape index (κ3) is 3.01. The standard InChI is InChI=1S/C11H11F3N2OS/c1-10(2,3)7-5-18-8(6(7)4-15)16-9(17)11(12,13)14/h5H,1-3H3,(H,16,17). The van der Waals surface area contributed by atoms with Crippen molar-refractivity contribution in [2.24, 2.45) is 0 Å². The number of halogens is 3. The molecule has 0 saturated carbocycles. The summed E-state index contributed by atoms with van der Waals surface area (Å²) < 4.78 is 36.4. The smallest absolute Gasteiger partial charge is 0.309 e. The Kier molecular flexibility index (Phi) is 3.72. The normalized spacial score (nSPS) is 12.1. The number of nitrogens with one attached hydrogen (secondary N) is 1. The van der Waals surface area contributed by atoms with Crippen molar-refractivity contribution in [1.29, 1.82) is 5.26 Å². The molecule has 0 saturated heterocycles. The highest BCUT2D eigenvalue weighted by molar-refractivity contribution is 7.14. The first-order chi connectivity index (χ1) is 8.07. The van der Waals surface area contributed by atoms with Crippen molar-refractivity contribution in [1.82, 2.24) is 0 Å². The Hall–Kier alpha value is -1.55. The third-order valence-corrected chi connectivity index (χ3v) is 3.09. The average molecular weight is 276 g/mol. The highest BCUT2D eigenvalue weighted by Crippen LogP contribution is 2.36. The molecule has 1 aromatic heterocycles. The Bertz CT molecular complexity index is 506. The van der Waals surface area contributed by atoms with E-state index >= 15 is 0 Å². The van der Waals surface area contributed by atoms with Crippen molar-refractivity contribution in [2.45, 2.75) is 32.4 Å². The molecule has 1 amide bonds. The maximum atomic E-state index is 12.1. The number of thiophene rings is 1. The minimum absolute atomic E-state index is 0.0650. The lowest BCUT2D eigenvalue weighted by atomic mass is 9.86. The molecule has 0 fully saturated rings. The second-order valence-electron chi connectivity index (χ2n) is 4.67. The van der Waals surface area contributed by atoms with Crippen LogP contribution in [0.1, 0.15) is 31.9 Å². The zero-order chi connectivity index (χ0) is 14.1. The van der Waals surface area contributed by atoms with Crippen molar-refractivity contribution < 1.29 is 18.0 Å². The monoisotopic (exact) mass is 276 g/mol. The van der Waals surface area contributed by atoms with Gasteiger partial charge in [-0.05, 0) is 16.4 Å². The molecular formula is C11H11F3N2OS. The number of amides is 1. The van der Waals surface area contributed by atoms with Gasteiger partial charge in [-0.3, -0.25) is 4.79 Å². The molecular weight excluding hydrogens is 265 g/mol. The van der Waals surface area contributed by atoms with E-state index in [1.807, 2.05) is 26.8 Å². The van der Waals surface area contributed by atoms with Gasteiger partial charge in [0.2, 0.25) is 0 Å². The predicted octanol–water partition coefficient (Wildman–Crippen LogP) is 3.42. The Labute approximate surface area is 106 Å². The predicted molar refractivity (Wildman–Crippen MR) is 62.4 cm³/mol. The minimum Gasteiger partial charge on any atom is -0.309 e. The Balaban J connectivity index is 3.11. The van der Waals surface area contributed by atoms with Crippen molar-refractivity contribution >= 4 is 22.2 Å². The van der Waals surface area contributed by atoms with Gasteiger partial charge < -0.3 is 5.32 Å². The van der Waals surface area contributed by atoms with Gasteiger partial charge in [0.1, 0.15) is 11.1 Å². The van der Waals surface area contributed by atoms with Gasteiger partial charge in [-0.15, -0.1) is 11.3 Å². The number of anilines is 1. The second-order valence-corrected chi connectivity index (χ2v) is 5.55. The van der Waals surface area contributed by atoms with Crippen LogP contribution in [-0.2, 0) is 10.2 Å². The van der Waals surface area contributed by atoms with E-state index in [2.05, 4.69) is 0 Å². The van der Waals surface area contributed by atoms with Crippen molar-refractivity contribution in [2.75, 3.05) is 5.32 Å². The van der Waals surface area contributed by atoms with Crippen LogP contribution in [0.15, 0.2) is 5.38 Å². The van der Waals surface area contributed by atoms with Gasteiger partial charge in [0.15, 0.2) is 0 Å². The molecule has 1 rings (SSSR count). The molecule has 0 spiro atoms.